The summed E-state index contributed by atoms with van der Waals surface area (Å²) in [6, 6.07) is 11.0. The molecule has 0 aliphatic heterocycles. The van der Waals surface area contributed by atoms with E-state index in [-0.39, 0.29) is 5.91 Å². The van der Waals surface area contributed by atoms with E-state index in [4.69, 9.17) is 0 Å². The van der Waals surface area contributed by atoms with E-state index in [9.17, 15) is 14.4 Å². The highest BCUT2D eigenvalue weighted by Gasteiger charge is 2.13. The van der Waals surface area contributed by atoms with Crippen LogP contribution in [0.25, 0.3) is 22.3 Å². The van der Waals surface area contributed by atoms with Gasteiger partial charge in [0.2, 0.25) is 0 Å². The Labute approximate surface area is 176 Å². The number of fused-ring (bicyclic) bond motifs is 1. The van der Waals surface area contributed by atoms with Crippen molar-refractivity contribution in [2.45, 2.75) is 27.3 Å². The van der Waals surface area contributed by atoms with Gasteiger partial charge in [0.25, 0.3) is 5.91 Å². The molecule has 0 spiro atoms. The van der Waals surface area contributed by atoms with Crippen molar-refractivity contribution in [2.75, 3.05) is 5.32 Å². The van der Waals surface area contributed by atoms with Gasteiger partial charge in [0.15, 0.2) is 5.13 Å². The number of aromatic amines is 1. The lowest BCUT2D eigenvalue weighted by atomic mass is 10.0. The summed E-state index contributed by atoms with van der Waals surface area (Å²) in [7, 11) is 0. The second kappa shape index (κ2) is 7.72. The van der Waals surface area contributed by atoms with E-state index in [1.807, 2.05) is 31.4 Å². The highest BCUT2D eigenvalue weighted by molar-refractivity contribution is 7.14. The second-order valence-electron chi connectivity index (χ2n) is 7.05. The molecule has 0 bridgehead atoms. The molecule has 2 heterocycles. The molecule has 2 aromatic carbocycles. The van der Waals surface area contributed by atoms with Crippen molar-refractivity contribution in [3.8, 4) is 11.3 Å². The number of aryl methyl sites for hydroxylation is 3. The van der Waals surface area contributed by atoms with Crippen molar-refractivity contribution in [3.63, 3.8) is 0 Å². The van der Waals surface area contributed by atoms with Gasteiger partial charge >= 0.3 is 11.1 Å². The van der Waals surface area contributed by atoms with Gasteiger partial charge in [-0.2, -0.15) is 0 Å². The maximum absolute atomic E-state index is 12.7. The van der Waals surface area contributed by atoms with Crippen LogP contribution in [0.1, 0.15) is 28.4 Å². The summed E-state index contributed by atoms with van der Waals surface area (Å²) in [5.74, 6) is -0.339. The van der Waals surface area contributed by atoms with Crippen LogP contribution in [0.5, 0.6) is 0 Å². The minimum Gasteiger partial charge on any atom is -0.316 e. The minimum absolute atomic E-state index is 0.339. The molecule has 0 aliphatic carbocycles. The van der Waals surface area contributed by atoms with E-state index in [1.165, 1.54) is 21.5 Å². The number of H-pyrrole nitrogens is 1. The van der Waals surface area contributed by atoms with Gasteiger partial charge in [0, 0.05) is 23.1 Å². The number of nitrogens with zero attached hydrogens (tertiary/aromatic N) is 2. The summed E-state index contributed by atoms with van der Waals surface area (Å²) in [5, 5.41) is 5.20. The molecule has 152 valence electrons. The highest BCUT2D eigenvalue weighted by atomic mass is 32.1. The molecule has 0 atom stereocenters. The fourth-order valence-corrected chi connectivity index (χ4v) is 4.17. The van der Waals surface area contributed by atoms with E-state index in [1.54, 1.807) is 25.1 Å². The maximum Gasteiger partial charge on any atom is 0.316 e. The Hall–Kier alpha value is -3.52. The largest absolute Gasteiger partial charge is 0.316 e. The standard InChI is InChI=1S/C22H20N4O3S/c1-4-26-18-8-6-14(10-16(18)23-20(28)21(26)29)19(27)25-22-24-17(11-30-22)15-7-5-12(2)9-13(15)3/h5-11H,4H2,1-3H3,(H,23,28)(H,24,25,27). The lowest BCUT2D eigenvalue weighted by Gasteiger charge is -2.08. The van der Waals surface area contributed by atoms with Crippen molar-refractivity contribution in [1.29, 1.82) is 0 Å². The zero-order chi connectivity index (χ0) is 21.4. The van der Waals surface area contributed by atoms with Gasteiger partial charge in [-0.3, -0.25) is 19.7 Å². The number of nitrogens with one attached hydrogen (secondary N) is 2. The monoisotopic (exact) mass is 420 g/mol. The van der Waals surface area contributed by atoms with E-state index in [0.717, 1.165) is 16.8 Å². The van der Waals surface area contributed by atoms with Crippen molar-refractivity contribution in [1.82, 2.24) is 14.5 Å². The quantitative estimate of drug-likeness (QED) is 0.492. The molecule has 30 heavy (non-hydrogen) atoms. The lowest BCUT2D eigenvalue weighted by molar-refractivity contribution is 0.102. The predicted molar refractivity (Wildman–Crippen MR) is 119 cm³/mol. The predicted octanol–water partition coefficient (Wildman–Crippen LogP) is 3.70. The van der Waals surface area contributed by atoms with Crippen molar-refractivity contribution in [3.05, 3.63) is 79.2 Å². The van der Waals surface area contributed by atoms with Gasteiger partial charge in [0.05, 0.1) is 16.7 Å². The number of benzene rings is 2. The summed E-state index contributed by atoms with van der Waals surface area (Å²) in [6.07, 6.45) is 0. The summed E-state index contributed by atoms with van der Waals surface area (Å²) >= 11 is 1.35. The molecule has 7 nitrogen and oxygen atoms in total. The average Bonchev–Trinajstić information content (AvgIpc) is 3.16. The first-order valence-electron chi connectivity index (χ1n) is 9.48. The second-order valence-corrected chi connectivity index (χ2v) is 7.90. The zero-order valence-electron chi connectivity index (χ0n) is 16.8. The van der Waals surface area contributed by atoms with Crippen molar-refractivity contribution in [2.24, 2.45) is 0 Å². The fourth-order valence-electron chi connectivity index (χ4n) is 3.46. The van der Waals surface area contributed by atoms with E-state index < -0.39 is 11.1 Å². The van der Waals surface area contributed by atoms with Gasteiger partial charge in [-0.15, -0.1) is 11.3 Å². The van der Waals surface area contributed by atoms with Gasteiger partial charge in [-0.05, 0) is 44.5 Å². The number of thiazole rings is 1. The average molecular weight is 420 g/mol. The molecule has 0 aliphatic rings. The van der Waals surface area contributed by atoms with E-state index in [0.29, 0.717) is 28.3 Å². The van der Waals surface area contributed by atoms with Gasteiger partial charge in [0.1, 0.15) is 0 Å². The summed E-state index contributed by atoms with van der Waals surface area (Å²) < 4.78 is 1.38. The topological polar surface area (TPSA) is 96.9 Å². The molecule has 2 aromatic heterocycles. The van der Waals surface area contributed by atoms with Crippen LogP contribution in [0.2, 0.25) is 0 Å². The molecule has 2 N–H and O–H groups in total. The SMILES string of the molecule is CCn1c(=O)c(=O)[nH]c2cc(C(=O)Nc3nc(-c4ccc(C)cc4C)cs3)ccc21. The Balaban J connectivity index is 1.62. The van der Waals surface area contributed by atoms with Crippen LogP contribution >= 0.6 is 11.3 Å². The van der Waals surface area contributed by atoms with Crippen LogP contribution in [0.3, 0.4) is 0 Å². The molecule has 0 unspecified atom stereocenters. The van der Waals surface area contributed by atoms with Crippen LogP contribution in [0, 0.1) is 13.8 Å². The third-order valence-electron chi connectivity index (χ3n) is 4.94. The number of amides is 1. The Morgan fingerprint density at radius 3 is 2.70 bits per heavy atom. The Bertz CT molecular complexity index is 1400. The third kappa shape index (κ3) is 3.57. The maximum atomic E-state index is 12.7. The number of aromatic nitrogens is 3. The number of hydrogen-bond donors (Lipinski definition) is 2. The summed E-state index contributed by atoms with van der Waals surface area (Å²) in [5.41, 5.74) is 4.20. The molecule has 0 radical (unpaired) electrons. The van der Waals surface area contributed by atoms with Gasteiger partial charge < -0.3 is 9.55 Å². The molecule has 0 fully saturated rings. The molecule has 1 amide bonds. The first kappa shape index (κ1) is 19.8. The van der Waals surface area contributed by atoms with Crippen LogP contribution in [0.4, 0.5) is 5.13 Å². The Morgan fingerprint density at radius 1 is 1.17 bits per heavy atom. The van der Waals surface area contributed by atoms with Crippen LogP contribution in [-0.2, 0) is 6.54 Å². The molecule has 0 saturated heterocycles. The van der Waals surface area contributed by atoms with Crippen LogP contribution in [-0.4, -0.2) is 20.4 Å². The smallest absolute Gasteiger partial charge is 0.316 e. The van der Waals surface area contributed by atoms with Crippen LogP contribution in [0.15, 0.2) is 51.4 Å². The molecule has 0 saturated carbocycles. The van der Waals surface area contributed by atoms with E-state index in [2.05, 4.69) is 21.4 Å². The van der Waals surface area contributed by atoms with Gasteiger partial charge in [-0.1, -0.05) is 23.8 Å². The Morgan fingerprint density at radius 2 is 1.97 bits per heavy atom. The molecule has 4 rings (SSSR count). The molecular weight excluding hydrogens is 400 g/mol. The van der Waals surface area contributed by atoms with Crippen LogP contribution < -0.4 is 16.4 Å². The number of anilines is 1. The third-order valence-corrected chi connectivity index (χ3v) is 5.69. The summed E-state index contributed by atoms with van der Waals surface area (Å²) in [6.45, 7) is 6.23. The molecule has 8 heteroatoms. The minimum atomic E-state index is -0.708. The summed E-state index contributed by atoms with van der Waals surface area (Å²) in [4.78, 5) is 43.6. The lowest BCUT2D eigenvalue weighted by Crippen LogP contribution is -2.36. The fraction of sp³-hybridized carbons (Fsp3) is 0.182. The van der Waals surface area contributed by atoms with Crippen molar-refractivity contribution < 1.29 is 4.79 Å². The van der Waals surface area contributed by atoms with E-state index >= 15 is 0 Å². The highest BCUT2D eigenvalue weighted by Crippen LogP contribution is 2.28. The first-order chi connectivity index (χ1) is 14.4. The number of carbonyl (C=O) groups is 1. The molecular formula is C22H20N4O3S. The van der Waals surface area contributed by atoms with Crippen molar-refractivity contribution >= 4 is 33.4 Å². The molecule has 4 aromatic rings. The number of rotatable bonds is 4. The Kier molecular flexibility index (Phi) is 5.09. The van der Waals surface area contributed by atoms with Gasteiger partial charge in [-0.25, -0.2) is 4.98 Å². The normalized spacial score (nSPS) is 11.0. The number of hydrogen-bond acceptors (Lipinski definition) is 5. The first-order valence-corrected chi connectivity index (χ1v) is 10.4. The zero-order valence-corrected chi connectivity index (χ0v) is 17.6. The number of carbonyl (C=O) groups excluding carboxylic acids is 1.